The lowest BCUT2D eigenvalue weighted by Gasteiger charge is -2.21. The van der Waals surface area contributed by atoms with Crippen LogP contribution in [0.4, 0.5) is 0 Å². The number of hydrogen-bond acceptors (Lipinski definition) is 15. The third-order valence-corrected chi connectivity index (χ3v) is 18.2. The highest BCUT2D eigenvalue weighted by atomic mass is 31.2. The van der Waals surface area contributed by atoms with Crippen LogP contribution in [-0.4, -0.2) is 96.7 Å². The molecular weight excluding hydrogens is 1280 g/mol. The Hall–Kier alpha value is -3.76. The predicted octanol–water partition coefficient (Wildman–Crippen LogP) is 22.2. The van der Waals surface area contributed by atoms with Gasteiger partial charge in [-0.2, -0.15) is 0 Å². The van der Waals surface area contributed by atoms with Crippen LogP contribution in [0.25, 0.3) is 0 Å². The average molecular weight is 1420 g/mol. The molecule has 5 atom stereocenters. The summed E-state index contributed by atoms with van der Waals surface area (Å²) in [6.07, 6.45) is 72.9. The maximum absolute atomic E-state index is 13.1. The van der Waals surface area contributed by atoms with Gasteiger partial charge in [0.25, 0.3) is 0 Å². The summed E-state index contributed by atoms with van der Waals surface area (Å²) in [6.45, 7) is 4.69. The van der Waals surface area contributed by atoms with E-state index < -0.39 is 97.5 Å². The van der Waals surface area contributed by atoms with Crippen molar-refractivity contribution in [3.63, 3.8) is 0 Å². The highest BCUT2D eigenvalue weighted by molar-refractivity contribution is 7.47. The normalized spacial score (nSPS) is 14.4. The second-order valence-electron chi connectivity index (χ2n) is 25.9. The molecule has 0 aliphatic rings. The molecule has 5 unspecified atom stereocenters. The van der Waals surface area contributed by atoms with E-state index in [4.69, 9.17) is 37.0 Å². The number of esters is 4. The van der Waals surface area contributed by atoms with E-state index in [2.05, 4.69) is 113 Å². The minimum Gasteiger partial charge on any atom is -0.462 e. The molecule has 568 valence electrons. The molecule has 0 aromatic heterocycles. The smallest absolute Gasteiger partial charge is 0.462 e. The Kier molecular flexibility index (Phi) is 68.9. The summed E-state index contributed by atoms with van der Waals surface area (Å²) >= 11 is 0. The van der Waals surface area contributed by atoms with Crippen LogP contribution in [0.15, 0.2) is 85.1 Å². The van der Waals surface area contributed by atoms with Crippen LogP contribution >= 0.6 is 15.6 Å². The maximum atomic E-state index is 13.1. The number of rotatable bonds is 73. The summed E-state index contributed by atoms with van der Waals surface area (Å²) in [4.78, 5) is 72.8. The van der Waals surface area contributed by atoms with Crippen molar-refractivity contribution >= 4 is 39.5 Å². The highest BCUT2D eigenvalue weighted by Crippen LogP contribution is 2.45. The van der Waals surface area contributed by atoms with E-state index in [0.29, 0.717) is 25.7 Å². The molecule has 0 fully saturated rings. The minimum absolute atomic E-state index is 0.0764. The molecule has 0 aromatic carbocycles. The summed E-state index contributed by atoms with van der Waals surface area (Å²) in [6, 6.07) is 0. The average Bonchev–Trinajstić information content (AvgIpc) is 0.959. The molecule has 19 heteroatoms. The molecule has 0 saturated heterocycles. The van der Waals surface area contributed by atoms with Gasteiger partial charge in [0.1, 0.15) is 19.3 Å². The Morgan fingerprint density at radius 2 is 0.531 bits per heavy atom. The van der Waals surface area contributed by atoms with Crippen LogP contribution in [0.1, 0.15) is 336 Å². The second kappa shape index (κ2) is 71.6. The molecule has 0 radical (unpaired) electrons. The Bertz CT molecular complexity index is 2190. The van der Waals surface area contributed by atoms with Crippen LogP contribution in [0.2, 0.25) is 0 Å². The summed E-state index contributed by atoms with van der Waals surface area (Å²) in [5.74, 6) is -2.23. The van der Waals surface area contributed by atoms with Crippen LogP contribution in [0.5, 0.6) is 0 Å². The molecule has 0 heterocycles. The number of unbranched alkanes of at least 4 members (excludes halogenated alkanes) is 33. The van der Waals surface area contributed by atoms with E-state index >= 15 is 0 Å². The van der Waals surface area contributed by atoms with Crippen molar-refractivity contribution < 1.29 is 80.2 Å². The second-order valence-corrected chi connectivity index (χ2v) is 28.8. The van der Waals surface area contributed by atoms with E-state index in [1.807, 2.05) is 0 Å². The van der Waals surface area contributed by atoms with Gasteiger partial charge in [0.05, 0.1) is 26.4 Å². The molecule has 0 aliphatic carbocycles. The predicted molar refractivity (Wildman–Crippen MR) is 399 cm³/mol. The van der Waals surface area contributed by atoms with E-state index in [9.17, 15) is 43.2 Å². The molecule has 0 rings (SSSR count). The SMILES string of the molecule is CC/C=C\C/C=C\C/C=C\C/C=C\CCCCC(=O)OCC(COP(=O)(O)OCC(O)COP(=O)(O)OCC(COC(=O)CCCCCCC/C=C\CCCCCCCC)OC(=O)CCCCCCC/C=C\CCCCCCCC)OC(=O)CCCCCCC/C=C\CCCCCC. The van der Waals surface area contributed by atoms with Gasteiger partial charge in [-0.15, -0.1) is 0 Å². The Morgan fingerprint density at radius 1 is 0.296 bits per heavy atom. The molecule has 0 spiro atoms. The van der Waals surface area contributed by atoms with Gasteiger partial charge in [-0.25, -0.2) is 9.13 Å². The molecule has 98 heavy (non-hydrogen) atoms. The van der Waals surface area contributed by atoms with Crippen molar-refractivity contribution in [2.75, 3.05) is 39.6 Å². The van der Waals surface area contributed by atoms with Gasteiger partial charge in [-0.05, 0) is 141 Å². The summed E-state index contributed by atoms with van der Waals surface area (Å²) in [5.41, 5.74) is 0. The van der Waals surface area contributed by atoms with Crippen molar-refractivity contribution in [2.24, 2.45) is 0 Å². The fourth-order valence-corrected chi connectivity index (χ4v) is 12.0. The van der Waals surface area contributed by atoms with E-state index in [1.165, 1.54) is 103 Å². The summed E-state index contributed by atoms with van der Waals surface area (Å²) in [7, 11) is -9.96. The number of hydrogen-bond donors (Lipinski definition) is 3. The Balaban J connectivity index is 5.38. The molecule has 3 N–H and O–H groups in total. The molecular formula is C79H140O17P2. The van der Waals surface area contributed by atoms with Crippen LogP contribution < -0.4 is 0 Å². The van der Waals surface area contributed by atoms with Crippen molar-refractivity contribution in [1.29, 1.82) is 0 Å². The quantitative estimate of drug-likeness (QED) is 0.0169. The van der Waals surface area contributed by atoms with E-state index in [0.717, 1.165) is 154 Å². The third-order valence-electron chi connectivity index (χ3n) is 16.3. The zero-order valence-corrected chi connectivity index (χ0v) is 63.7. The van der Waals surface area contributed by atoms with Crippen LogP contribution in [-0.2, 0) is 65.4 Å². The standard InChI is InChI=1S/C79H140O17P2/c1-5-9-13-17-21-25-29-33-36-40-43-47-51-55-59-63-76(81)89-69-74(95-78(83)65-61-57-53-49-45-39-32-28-24-20-16-12-8-4)71-93-97(85,86)91-67-73(80)68-92-98(87,88)94-72-75(96-79(84)66-62-58-54-50-46-42-38-35-31-27-23-19-15-11-7-3)70-90-77(82)64-60-56-52-48-44-41-37-34-30-26-22-18-14-10-6-2/h9,13,21,25,28,32-38,43,47,73-75,80H,5-8,10-12,14-20,22-24,26-27,29-31,39-42,44-46,48-72H2,1-4H3,(H,85,86)(H,87,88)/b13-9-,25-21-,32-28-,36-33-,37-34-,38-35-,47-43-. The zero-order valence-electron chi connectivity index (χ0n) is 62.0. The maximum Gasteiger partial charge on any atom is 0.472 e. The number of aliphatic hydroxyl groups excluding tert-OH is 1. The molecule has 0 bridgehead atoms. The van der Waals surface area contributed by atoms with Gasteiger partial charge in [0.2, 0.25) is 0 Å². The van der Waals surface area contributed by atoms with Crippen molar-refractivity contribution in [3.05, 3.63) is 85.1 Å². The van der Waals surface area contributed by atoms with Gasteiger partial charge >= 0.3 is 39.5 Å². The van der Waals surface area contributed by atoms with Crippen molar-refractivity contribution in [2.45, 2.75) is 354 Å². The van der Waals surface area contributed by atoms with E-state index in [1.54, 1.807) is 0 Å². The van der Waals surface area contributed by atoms with Crippen LogP contribution in [0, 0.1) is 0 Å². The first-order chi connectivity index (χ1) is 47.7. The molecule has 0 aromatic rings. The summed E-state index contributed by atoms with van der Waals surface area (Å²) in [5, 5.41) is 10.6. The monoisotopic (exact) mass is 1420 g/mol. The minimum atomic E-state index is -4.98. The van der Waals surface area contributed by atoms with E-state index in [-0.39, 0.29) is 25.7 Å². The van der Waals surface area contributed by atoms with Gasteiger partial charge < -0.3 is 33.8 Å². The summed E-state index contributed by atoms with van der Waals surface area (Å²) < 4.78 is 68.4. The first kappa shape index (κ1) is 94.2. The molecule has 17 nitrogen and oxygen atoms in total. The number of allylic oxidation sites excluding steroid dienone is 14. The van der Waals surface area contributed by atoms with Gasteiger partial charge in [-0.3, -0.25) is 37.3 Å². The molecule has 0 aliphatic heterocycles. The van der Waals surface area contributed by atoms with Gasteiger partial charge in [0, 0.05) is 25.7 Å². The Labute approximate surface area is 595 Å². The number of carbonyl (C=O) groups excluding carboxylic acids is 4. The largest absolute Gasteiger partial charge is 0.472 e. The molecule has 0 saturated carbocycles. The van der Waals surface area contributed by atoms with Gasteiger partial charge in [0.15, 0.2) is 12.2 Å². The number of phosphoric acid groups is 2. The number of ether oxygens (including phenoxy) is 4. The zero-order chi connectivity index (χ0) is 71.8. The lowest BCUT2D eigenvalue weighted by Crippen LogP contribution is -2.30. The molecule has 0 amide bonds. The lowest BCUT2D eigenvalue weighted by molar-refractivity contribution is -0.161. The Morgan fingerprint density at radius 3 is 0.857 bits per heavy atom. The van der Waals surface area contributed by atoms with Gasteiger partial charge in [-0.1, -0.05) is 254 Å². The van der Waals surface area contributed by atoms with Crippen molar-refractivity contribution in [3.8, 4) is 0 Å². The fourth-order valence-electron chi connectivity index (χ4n) is 10.4. The first-order valence-electron chi connectivity index (χ1n) is 38.8. The number of phosphoric ester groups is 2. The number of carbonyl (C=O) groups is 4. The first-order valence-corrected chi connectivity index (χ1v) is 41.8. The van der Waals surface area contributed by atoms with Crippen molar-refractivity contribution in [1.82, 2.24) is 0 Å². The highest BCUT2D eigenvalue weighted by Gasteiger charge is 2.30. The lowest BCUT2D eigenvalue weighted by atomic mass is 10.1. The van der Waals surface area contributed by atoms with Crippen LogP contribution in [0.3, 0.4) is 0 Å². The third kappa shape index (κ3) is 70.7. The topological polar surface area (TPSA) is 237 Å². The fraction of sp³-hybridized carbons (Fsp3) is 0.772. The number of aliphatic hydroxyl groups is 1.